The smallest absolute Gasteiger partial charge is 0.330 e. The van der Waals surface area contributed by atoms with Crippen molar-refractivity contribution in [3.8, 4) is 5.75 Å². The Kier molecular flexibility index (Phi) is 6.43. The first kappa shape index (κ1) is 24.6. The lowest BCUT2D eigenvalue weighted by Gasteiger charge is -2.44. The van der Waals surface area contributed by atoms with Crippen LogP contribution >= 0.6 is 0 Å². The van der Waals surface area contributed by atoms with Gasteiger partial charge in [0.15, 0.2) is 0 Å². The van der Waals surface area contributed by atoms with Crippen molar-refractivity contribution in [3.63, 3.8) is 0 Å². The number of fused-ring (bicyclic) bond motifs is 5. The Morgan fingerprint density at radius 3 is 2.56 bits per heavy atom. The molecule has 0 aliphatic carbocycles. The first-order chi connectivity index (χ1) is 17.3. The SMILES string of the molecule is CC[C@@H]1CN2CCc3c(n(S(=O)(=O)c4ccc(C)cc4)c4cccc(OC)c34)[C@@H]2C/C1=C\C(=O)OC. The fourth-order valence-corrected chi connectivity index (χ4v) is 7.40. The summed E-state index contributed by atoms with van der Waals surface area (Å²) in [6, 6.07) is 12.4. The number of carbonyl (C=O) groups is 1. The van der Waals surface area contributed by atoms with Crippen LogP contribution in [0.2, 0.25) is 0 Å². The van der Waals surface area contributed by atoms with E-state index in [1.54, 1.807) is 25.3 Å². The zero-order valence-corrected chi connectivity index (χ0v) is 22.0. The van der Waals surface area contributed by atoms with Crippen molar-refractivity contribution in [2.75, 3.05) is 27.3 Å². The predicted octanol–water partition coefficient (Wildman–Crippen LogP) is 4.62. The number of esters is 1. The van der Waals surface area contributed by atoms with Gasteiger partial charge in [-0.05, 0) is 61.9 Å². The number of benzene rings is 2. The molecule has 3 aromatic rings. The van der Waals surface area contributed by atoms with E-state index in [0.29, 0.717) is 17.7 Å². The molecular weight excluding hydrogens is 476 g/mol. The Bertz CT molecular complexity index is 1450. The van der Waals surface area contributed by atoms with Crippen LogP contribution in [0.5, 0.6) is 5.75 Å². The molecule has 2 atom stereocenters. The van der Waals surface area contributed by atoms with Crippen LogP contribution in [0, 0.1) is 12.8 Å². The molecule has 7 nitrogen and oxygen atoms in total. The molecule has 2 aliphatic rings. The highest BCUT2D eigenvalue weighted by atomic mass is 32.2. The molecule has 0 amide bonds. The molecule has 190 valence electrons. The van der Waals surface area contributed by atoms with Gasteiger partial charge in [0.05, 0.1) is 36.4 Å². The summed E-state index contributed by atoms with van der Waals surface area (Å²) in [6.45, 7) is 5.65. The molecule has 0 spiro atoms. The summed E-state index contributed by atoms with van der Waals surface area (Å²) < 4.78 is 40.6. The molecule has 1 saturated heterocycles. The van der Waals surface area contributed by atoms with Crippen LogP contribution in [0.25, 0.3) is 10.9 Å². The molecule has 2 aliphatic heterocycles. The van der Waals surface area contributed by atoms with Gasteiger partial charge in [0, 0.05) is 24.6 Å². The first-order valence-corrected chi connectivity index (χ1v) is 13.8. The zero-order valence-electron chi connectivity index (χ0n) is 21.2. The molecule has 0 bridgehead atoms. The summed E-state index contributed by atoms with van der Waals surface area (Å²) in [5.41, 5.74) is 4.41. The number of nitrogens with zero attached hydrogens (tertiary/aromatic N) is 2. The number of ether oxygens (including phenoxy) is 2. The van der Waals surface area contributed by atoms with Crippen molar-refractivity contribution in [2.24, 2.45) is 5.92 Å². The molecule has 0 N–H and O–H groups in total. The van der Waals surface area contributed by atoms with Crippen LogP contribution < -0.4 is 4.74 Å². The van der Waals surface area contributed by atoms with Crippen molar-refractivity contribution < 1.29 is 22.7 Å². The summed E-state index contributed by atoms with van der Waals surface area (Å²) in [5, 5.41) is 0.849. The van der Waals surface area contributed by atoms with Gasteiger partial charge in [0.25, 0.3) is 10.0 Å². The molecule has 0 radical (unpaired) electrons. The van der Waals surface area contributed by atoms with Gasteiger partial charge in [0.2, 0.25) is 0 Å². The minimum absolute atomic E-state index is 0.176. The topological polar surface area (TPSA) is 77.8 Å². The number of aromatic nitrogens is 1. The number of carbonyl (C=O) groups excluding carboxylic acids is 1. The Balaban J connectivity index is 1.77. The normalized spacial score (nSPS) is 21.3. The van der Waals surface area contributed by atoms with Gasteiger partial charge in [-0.25, -0.2) is 17.2 Å². The second-order valence-electron chi connectivity index (χ2n) is 9.61. The van der Waals surface area contributed by atoms with Crippen molar-refractivity contribution in [1.82, 2.24) is 8.87 Å². The van der Waals surface area contributed by atoms with E-state index in [9.17, 15) is 13.2 Å². The molecule has 3 heterocycles. The summed E-state index contributed by atoms with van der Waals surface area (Å²) in [7, 11) is -0.899. The van der Waals surface area contributed by atoms with Crippen LogP contribution in [0.15, 0.2) is 59.0 Å². The number of methoxy groups -OCH3 is 2. The minimum atomic E-state index is -3.90. The second-order valence-corrected chi connectivity index (χ2v) is 11.4. The quantitative estimate of drug-likeness (QED) is 0.370. The monoisotopic (exact) mass is 508 g/mol. The molecule has 1 fully saturated rings. The largest absolute Gasteiger partial charge is 0.496 e. The summed E-state index contributed by atoms with van der Waals surface area (Å²) in [6.07, 6.45) is 3.80. The highest BCUT2D eigenvalue weighted by Crippen LogP contribution is 2.47. The summed E-state index contributed by atoms with van der Waals surface area (Å²) >= 11 is 0. The number of rotatable bonds is 5. The van der Waals surface area contributed by atoms with E-state index in [1.807, 2.05) is 37.3 Å². The van der Waals surface area contributed by atoms with Gasteiger partial charge in [-0.1, -0.05) is 36.3 Å². The van der Waals surface area contributed by atoms with Gasteiger partial charge in [-0.15, -0.1) is 0 Å². The molecule has 0 unspecified atom stereocenters. The lowest BCUT2D eigenvalue weighted by Crippen LogP contribution is -2.44. The lowest BCUT2D eigenvalue weighted by atomic mass is 9.81. The standard InChI is InChI=1S/C28H32N2O5S/c1-5-19-17-29-14-13-22-27-23(7-6-8-25(27)34-3)30(36(32,33)21-11-9-18(2)10-12-21)28(22)24(29)15-20(19)16-26(31)35-4/h6-12,16,19,24H,5,13-15,17H2,1-4H3/b20-16+/t19-,24+/m1/s1. The van der Waals surface area contributed by atoms with Crippen LogP contribution in [-0.4, -0.2) is 50.6 Å². The number of aryl methyl sites for hydroxylation is 1. The van der Waals surface area contributed by atoms with Crippen LogP contribution in [0.4, 0.5) is 0 Å². The van der Waals surface area contributed by atoms with Crippen LogP contribution in [0.3, 0.4) is 0 Å². The summed E-state index contributed by atoms with van der Waals surface area (Å²) in [5.74, 6) is 0.521. The highest BCUT2D eigenvalue weighted by Gasteiger charge is 2.41. The molecule has 0 saturated carbocycles. The highest BCUT2D eigenvalue weighted by molar-refractivity contribution is 7.90. The van der Waals surface area contributed by atoms with E-state index in [-0.39, 0.29) is 22.8 Å². The van der Waals surface area contributed by atoms with Gasteiger partial charge in [-0.2, -0.15) is 0 Å². The third kappa shape index (κ3) is 3.92. The summed E-state index contributed by atoms with van der Waals surface area (Å²) in [4.78, 5) is 14.8. The molecule has 36 heavy (non-hydrogen) atoms. The molecule has 8 heteroatoms. The zero-order chi connectivity index (χ0) is 25.6. The fourth-order valence-electron chi connectivity index (χ4n) is 5.80. The van der Waals surface area contributed by atoms with Crippen molar-refractivity contribution in [2.45, 2.75) is 44.0 Å². The predicted molar refractivity (Wildman–Crippen MR) is 139 cm³/mol. The van der Waals surface area contributed by atoms with E-state index < -0.39 is 10.0 Å². The van der Waals surface area contributed by atoms with Gasteiger partial charge in [-0.3, -0.25) is 4.90 Å². The average molecular weight is 509 g/mol. The van der Waals surface area contributed by atoms with E-state index in [4.69, 9.17) is 9.47 Å². The molecule has 1 aromatic heterocycles. The number of hydrogen-bond donors (Lipinski definition) is 0. The van der Waals surface area contributed by atoms with Crippen LogP contribution in [-0.2, 0) is 26.0 Å². The molecular formula is C28H32N2O5S. The van der Waals surface area contributed by atoms with E-state index >= 15 is 0 Å². The third-order valence-corrected chi connectivity index (χ3v) is 9.38. The number of piperidine rings is 1. The lowest BCUT2D eigenvalue weighted by molar-refractivity contribution is -0.135. The van der Waals surface area contributed by atoms with E-state index in [0.717, 1.165) is 53.7 Å². The van der Waals surface area contributed by atoms with Crippen molar-refractivity contribution >= 4 is 26.9 Å². The maximum Gasteiger partial charge on any atom is 0.330 e. The van der Waals surface area contributed by atoms with Gasteiger partial charge >= 0.3 is 5.97 Å². The van der Waals surface area contributed by atoms with Crippen molar-refractivity contribution in [1.29, 1.82) is 0 Å². The Hall–Kier alpha value is -3.10. The minimum Gasteiger partial charge on any atom is -0.496 e. The maximum atomic E-state index is 14.2. The van der Waals surface area contributed by atoms with Gasteiger partial charge in [0.1, 0.15) is 5.75 Å². The van der Waals surface area contributed by atoms with Gasteiger partial charge < -0.3 is 9.47 Å². The van der Waals surface area contributed by atoms with E-state index in [2.05, 4.69) is 11.8 Å². The average Bonchev–Trinajstić information content (AvgIpc) is 3.24. The fraction of sp³-hybridized carbons (Fsp3) is 0.393. The molecule has 2 aromatic carbocycles. The third-order valence-electron chi connectivity index (χ3n) is 7.64. The van der Waals surface area contributed by atoms with E-state index in [1.165, 1.54) is 11.1 Å². The van der Waals surface area contributed by atoms with Crippen molar-refractivity contribution in [3.05, 3.63) is 70.9 Å². The molecule has 5 rings (SSSR count). The first-order valence-electron chi connectivity index (χ1n) is 12.3. The Morgan fingerprint density at radius 1 is 1.14 bits per heavy atom. The number of hydrogen-bond acceptors (Lipinski definition) is 6. The van der Waals surface area contributed by atoms with Crippen LogP contribution in [0.1, 0.15) is 42.6 Å². The Morgan fingerprint density at radius 2 is 1.89 bits per heavy atom. The maximum absolute atomic E-state index is 14.2. The second kappa shape index (κ2) is 9.41. The Labute approximate surface area is 212 Å².